The zero-order valence-electron chi connectivity index (χ0n) is 9.71. The number of hydrogen-bond acceptors (Lipinski definition) is 1. The fraction of sp³-hybridized carbons (Fsp3) is 0.462. The van der Waals surface area contributed by atoms with E-state index in [-0.39, 0.29) is 5.91 Å². The van der Waals surface area contributed by atoms with Crippen LogP contribution in [0.15, 0.2) is 35.9 Å². The Morgan fingerprint density at radius 1 is 1.69 bits per heavy atom. The fourth-order valence-electron chi connectivity index (χ4n) is 1.77. The molecule has 0 aromatic carbocycles. The van der Waals surface area contributed by atoms with E-state index in [2.05, 4.69) is 20.1 Å². The van der Waals surface area contributed by atoms with Gasteiger partial charge in [-0.3, -0.25) is 4.79 Å². The van der Waals surface area contributed by atoms with Crippen LogP contribution in [0.1, 0.15) is 19.8 Å². The highest BCUT2D eigenvalue weighted by Gasteiger charge is 2.23. The molecule has 1 heterocycles. The van der Waals surface area contributed by atoms with Crippen LogP contribution in [0.5, 0.6) is 0 Å². The molecule has 3 heteroatoms. The second kappa shape index (κ2) is 5.90. The molecule has 0 aromatic rings. The summed E-state index contributed by atoms with van der Waals surface area (Å²) in [7, 11) is 0. The smallest absolute Gasteiger partial charge is 0.223 e. The number of piperidine rings is 1. The summed E-state index contributed by atoms with van der Waals surface area (Å²) in [4.78, 5) is 13.6. The van der Waals surface area contributed by atoms with E-state index < -0.39 is 0 Å². The van der Waals surface area contributed by atoms with Crippen molar-refractivity contribution in [1.29, 1.82) is 0 Å². The van der Waals surface area contributed by atoms with Crippen molar-refractivity contribution in [2.24, 2.45) is 5.92 Å². The number of rotatable bonds is 4. The predicted octanol–water partition coefficient (Wildman–Crippen LogP) is 3.11. The maximum Gasteiger partial charge on any atom is 0.223 e. The number of nitrogens with zero attached hydrogens (tertiary/aromatic N) is 1. The van der Waals surface area contributed by atoms with Crippen molar-refractivity contribution >= 4 is 17.5 Å². The first-order valence-electron chi connectivity index (χ1n) is 5.48. The van der Waals surface area contributed by atoms with Crippen molar-refractivity contribution in [3.05, 3.63) is 35.9 Å². The number of carbonyl (C=O) groups is 1. The second-order valence-corrected chi connectivity index (χ2v) is 4.70. The molecule has 0 aromatic heterocycles. The third-order valence-corrected chi connectivity index (χ3v) is 3.04. The van der Waals surface area contributed by atoms with Gasteiger partial charge in [-0.2, -0.15) is 0 Å². The number of hydrogen-bond donors (Lipinski definition) is 0. The molecule has 16 heavy (non-hydrogen) atoms. The van der Waals surface area contributed by atoms with E-state index in [9.17, 15) is 4.79 Å². The van der Waals surface area contributed by atoms with E-state index in [0.29, 0.717) is 23.9 Å². The average Bonchev–Trinajstić information content (AvgIpc) is 2.20. The van der Waals surface area contributed by atoms with Crippen molar-refractivity contribution in [2.75, 3.05) is 13.1 Å². The van der Waals surface area contributed by atoms with Gasteiger partial charge in [0, 0.05) is 24.5 Å². The standard InChI is InChI=1S/C13H18ClNO/c1-4-5-12(11(3)14)9-15-7-6-10(2)8-13(15)16/h4-5,10H,1,3,6-9H2,2H3. The third kappa shape index (κ3) is 3.53. The molecule has 1 rings (SSSR count). The first-order chi connectivity index (χ1) is 7.54. The minimum atomic E-state index is 0.201. The van der Waals surface area contributed by atoms with Gasteiger partial charge in [0.1, 0.15) is 0 Å². The molecule has 0 spiro atoms. The first kappa shape index (κ1) is 13.0. The Balaban J connectivity index is 2.65. The van der Waals surface area contributed by atoms with Crippen LogP contribution in [0.3, 0.4) is 0 Å². The molecular weight excluding hydrogens is 222 g/mol. The summed E-state index contributed by atoms with van der Waals surface area (Å²) in [6.07, 6.45) is 5.17. The SMILES string of the molecule is C=CC=C(CN1CCC(C)CC1=O)C(=C)Cl. The largest absolute Gasteiger partial charge is 0.338 e. The minimum Gasteiger partial charge on any atom is -0.338 e. The van der Waals surface area contributed by atoms with E-state index in [4.69, 9.17) is 11.6 Å². The number of allylic oxidation sites excluding steroid dienone is 2. The van der Waals surface area contributed by atoms with Crippen LogP contribution in [-0.2, 0) is 4.79 Å². The third-order valence-electron chi connectivity index (χ3n) is 2.80. The zero-order chi connectivity index (χ0) is 12.1. The summed E-state index contributed by atoms with van der Waals surface area (Å²) in [6, 6.07) is 0. The van der Waals surface area contributed by atoms with Crippen LogP contribution in [-0.4, -0.2) is 23.9 Å². The van der Waals surface area contributed by atoms with Gasteiger partial charge < -0.3 is 4.90 Å². The lowest BCUT2D eigenvalue weighted by Gasteiger charge is -2.30. The summed E-state index contributed by atoms with van der Waals surface area (Å²) in [5.41, 5.74) is 0.861. The summed E-state index contributed by atoms with van der Waals surface area (Å²) >= 11 is 5.87. The van der Waals surface area contributed by atoms with Gasteiger partial charge in [-0.05, 0) is 17.9 Å². The van der Waals surface area contributed by atoms with Crippen LogP contribution in [0, 0.1) is 5.92 Å². The molecule has 1 aliphatic rings. The first-order valence-corrected chi connectivity index (χ1v) is 5.86. The Morgan fingerprint density at radius 2 is 2.38 bits per heavy atom. The average molecular weight is 240 g/mol. The van der Waals surface area contributed by atoms with Crippen LogP contribution in [0.4, 0.5) is 0 Å². The molecule has 1 aliphatic heterocycles. The summed E-state index contributed by atoms with van der Waals surface area (Å²) in [6.45, 7) is 10.8. The number of likely N-dealkylation sites (tertiary alicyclic amines) is 1. The molecule has 1 atom stereocenters. The van der Waals surface area contributed by atoms with E-state index in [0.717, 1.165) is 18.5 Å². The van der Waals surface area contributed by atoms with Crippen LogP contribution in [0.25, 0.3) is 0 Å². The topological polar surface area (TPSA) is 20.3 Å². The number of carbonyl (C=O) groups excluding carboxylic acids is 1. The van der Waals surface area contributed by atoms with Gasteiger partial charge in [0.15, 0.2) is 0 Å². The highest BCUT2D eigenvalue weighted by molar-refractivity contribution is 6.31. The van der Waals surface area contributed by atoms with Gasteiger partial charge in [0.25, 0.3) is 0 Å². The number of halogens is 1. The lowest BCUT2D eigenvalue weighted by atomic mass is 9.98. The van der Waals surface area contributed by atoms with Gasteiger partial charge in [0.2, 0.25) is 5.91 Å². The van der Waals surface area contributed by atoms with Crippen LogP contribution >= 0.6 is 11.6 Å². The molecule has 0 aliphatic carbocycles. The Hall–Kier alpha value is -1.02. The van der Waals surface area contributed by atoms with Crippen molar-refractivity contribution in [2.45, 2.75) is 19.8 Å². The zero-order valence-corrected chi connectivity index (χ0v) is 10.5. The molecule has 0 N–H and O–H groups in total. The Kier molecular flexibility index (Phi) is 4.81. The quantitative estimate of drug-likeness (QED) is 0.691. The lowest BCUT2D eigenvalue weighted by molar-refractivity contribution is -0.134. The van der Waals surface area contributed by atoms with Gasteiger partial charge in [-0.25, -0.2) is 0 Å². The second-order valence-electron chi connectivity index (χ2n) is 4.25. The van der Waals surface area contributed by atoms with Gasteiger partial charge >= 0.3 is 0 Å². The lowest BCUT2D eigenvalue weighted by Crippen LogP contribution is -2.39. The van der Waals surface area contributed by atoms with Crippen molar-refractivity contribution in [3.63, 3.8) is 0 Å². The van der Waals surface area contributed by atoms with Gasteiger partial charge in [-0.1, -0.05) is 43.8 Å². The molecule has 1 unspecified atom stereocenters. The molecule has 0 radical (unpaired) electrons. The predicted molar refractivity (Wildman–Crippen MR) is 68.3 cm³/mol. The Labute approximate surface area is 102 Å². The molecule has 1 amide bonds. The molecule has 2 nitrogen and oxygen atoms in total. The Bertz CT molecular complexity index is 333. The highest BCUT2D eigenvalue weighted by atomic mass is 35.5. The van der Waals surface area contributed by atoms with Crippen LogP contribution in [0.2, 0.25) is 0 Å². The van der Waals surface area contributed by atoms with Gasteiger partial charge in [0.05, 0.1) is 0 Å². The normalized spacial score (nSPS) is 22.1. The summed E-state index contributed by atoms with van der Waals surface area (Å²) in [5, 5.41) is 0.478. The Morgan fingerprint density at radius 3 is 2.88 bits per heavy atom. The molecule has 1 fully saturated rings. The highest BCUT2D eigenvalue weighted by Crippen LogP contribution is 2.21. The molecule has 1 saturated heterocycles. The van der Waals surface area contributed by atoms with Crippen molar-refractivity contribution in [3.8, 4) is 0 Å². The fourth-order valence-corrected chi connectivity index (χ4v) is 1.90. The van der Waals surface area contributed by atoms with E-state index in [1.165, 1.54) is 0 Å². The maximum absolute atomic E-state index is 11.8. The minimum absolute atomic E-state index is 0.201. The van der Waals surface area contributed by atoms with Crippen molar-refractivity contribution < 1.29 is 4.79 Å². The van der Waals surface area contributed by atoms with Gasteiger partial charge in [-0.15, -0.1) is 0 Å². The maximum atomic E-state index is 11.8. The molecule has 0 bridgehead atoms. The molecule has 88 valence electrons. The van der Waals surface area contributed by atoms with Crippen molar-refractivity contribution in [1.82, 2.24) is 4.90 Å². The number of amides is 1. The monoisotopic (exact) mass is 239 g/mol. The molecule has 0 saturated carbocycles. The van der Waals surface area contributed by atoms with Crippen LogP contribution < -0.4 is 0 Å². The van der Waals surface area contributed by atoms with E-state index >= 15 is 0 Å². The van der Waals surface area contributed by atoms with E-state index in [1.807, 2.05) is 4.90 Å². The summed E-state index contributed by atoms with van der Waals surface area (Å²) < 4.78 is 0. The molecular formula is C13H18ClNO. The van der Waals surface area contributed by atoms with E-state index in [1.54, 1.807) is 12.2 Å². The summed E-state index contributed by atoms with van der Waals surface area (Å²) in [5.74, 6) is 0.696.